The summed E-state index contributed by atoms with van der Waals surface area (Å²) in [5, 5.41) is 2.80. The number of methoxy groups -OCH3 is 1. The molecule has 2 amide bonds. The minimum absolute atomic E-state index is 0.0683. The van der Waals surface area contributed by atoms with Gasteiger partial charge in [-0.1, -0.05) is 36.6 Å². The number of rotatable bonds is 4. The summed E-state index contributed by atoms with van der Waals surface area (Å²) in [6.07, 6.45) is 6.37. The van der Waals surface area contributed by atoms with Crippen LogP contribution in [0, 0.1) is 11.6 Å². The number of benzene rings is 2. The van der Waals surface area contributed by atoms with Gasteiger partial charge < -0.3 is 15.0 Å². The summed E-state index contributed by atoms with van der Waals surface area (Å²) in [4.78, 5) is 44.4. The summed E-state index contributed by atoms with van der Waals surface area (Å²) in [6.45, 7) is 0.250. The molecule has 2 aromatic carbocycles. The number of esters is 1. The fourth-order valence-corrected chi connectivity index (χ4v) is 5.71. The summed E-state index contributed by atoms with van der Waals surface area (Å²) in [6, 6.07) is 11.0. The van der Waals surface area contributed by atoms with E-state index >= 15 is 0 Å². The van der Waals surface area contributed by atoms with E-state index < -0.39 is 11.6 Å². The van der Waals surface area contributed by atoms with E-state index in [2.05, 4.69) is 10.3 Å². The van der Waals surface area contributed by atoms with Crippen molar-refractivity contribution >= 4 is 40.6 Å². The third-order valence-electron chi connectivity index (χ3n) is 7.69. The molecule has 1 aromatic heterocycles. The van der Waals surface area contributed by atoms with Crippen molar-refractivity contribution in [3.05, 3.63) is 88.2 Å². The number of hydrogen-bond donors (Lipinski definition) is 1. The second-order valence-corrected chi connectivity index (χ2v) is 10.8. The zero-order valence-electron chi connectivity index (χ0n) is 23.1. The molecule has 218 valence electrons. The highest BCUT2D eigenvalue weighted by molar-refractivity contribution is 6.31. The number of halogens is 3. The molecule has 0 radical (unpaired) electrons. The molecule has 0 unspecified atom stereocenters. The van der Waals surface area contributed by atoms with Gasteiger partial charge in [-0.05, 0) is 66.3 Å². The average molecular weight is 594 g/mol. The molecule has 2 bridgehead atoms. The molecule has 2 aliphatic rings. The average Bonchev–Trinajstić information content (AvgIpc) is 2.98. The Morgan fingerprint density at radius 2 is 1.93 bits per heavy atom. The van der Waals surface area contributed by atoms with Gasteiger partial charge in [-0.25, -0.2) is 8.78 Å². The number of carbonyl (C=O) groups is 3. The van der Waals surface area contributed by atoms with Crippen LogP contribution in [0.3, 0.4) is 0 Å². The molecule has 42 heavy (non-hydrogen) atoms. The number of pyridine rings is 1. The highest BCUT2D eigenvalue weighted by Crippen LogP contribution is 2.37. The number of amides is 2. The number of hydrogen-bond acceptors (Lipinski definition) is 5. The Balaban J connectivity index is 1.50. The first-order valence-corrected chi connectivity index (χ1v) is 14.2. The van der Waals surface area contributed by atoms with E-state index in [-0.39, 0.29) is 59.4 Å². The van der Waals surface area contributed by atoms with Crippen molar-refractivity contribution in [2.75, 3.05) is 19.0 Å². The fourth-order valence-electron chi connectivity index (χ4n) is 5.55. The van der Waals surface area contributed by atoms with E-state index in [1.54, 1.807) is 17.2 Å². The molecule has 0 fully saturated rings. The van der Waals surface area contributed by atoms with Crippen molar-refractivity contribution in [3.8, 4) is 11.1 Å². The second-order valence-electron chi connectivity index (χ2n) is 10.4. The molecule has 0 saturated carbocycles. The summed E-state index contributed by atoms with van der Waals surface area (Å²) in [5.74, 6) is -2.51. The van der Waals surface area contributed by atoms with Gasteiger partial charge in [-0.2, -0.15) is 0 Å². The Morgan fingerprint density at radius 1 is 1.10 bits per heavy atom. The maximum atomic E-state index is 14.7. The van der Waals surface area contributed by atoms with Crippen LogP contribution in [0.15, 0.2) is 54.7 Å². The quantitative estimate of drug-likeness (QED) is 0.270. The summed E-state index contributed by atoms with van der Waals surface area (Å²) >= 11 is 5.89. The lowest BCUT2D eigenvalue weighted by Crippen LogP contribution is -2.38. The van der Waals surface area contributed by atoms with Crippen LogP contribution in [0.1, 0.15) is 61.4 Å². The number of carbonyl (C=O) groups excluding carboxylic acids is 3. The van der Waals surface area contributed by atoms with Gasteiger partial charge in [0.25, 0.3) is 0 Å². The number of nitrogens with zero attached hydrogens (tertiary/aromatic N) is 2. The van der Waals surface area contributed by atoms with E-state index in [4.69, 9.17) is 16.3 Å². The number of anilines is 1. The van der Waals surface area contributed by atoms with Crippen molar-refractivity contribution < 1.29 is 27.9 Å². The predicted octanol–water partition coefficient (Wildman–Crippen LogP) is 6.66. The third-order valence-corrected chi connectivity index (χ3v) is 7.99. The Kier molecular flexibility index (Phi) is 8.97. The summed E-state index contributed by atoms with van der Waals surface area (Å²) in [5.41, 5.74) is 3.47. The molecule has 1 N–H and O–H groups in total. The molecule has 3 aromatic rings. The Morgan fingerprint density at radius 3 is 2.71 bits per heavy atom. The van der Waals surface area contributed by atoms with Gasteiger partial charge >= 0.3 is 5.97 Å². The second kappa shape index (κ2) is 12.8. The topological polar surface area (TPSA) is 88.6 Å². The zero-order valence-corrected chi connectivity index (χ0v) is 23.8. The van der Waals surface area contributed by atoms with E-state index in [0.717, 1.165) is 36.1 Å². The number of ether oxygens (including phenoxy) is 1. The fraction of sp³-hybridized carbons (Fsp3) is 0.312. The lowest BCUT2D eigenvalue weighted by molar-refractivity contribution is -0.139. The molecule has 5 rings (SSSR count). The van der Waals surface area contributed by atoms with Gasteiger partial charge in [0.05, 0.1) is 35.9 Å². The van der Waals surface area contributed by atoms with E-state index in [0.29, 0.717) is 36.2 Å². The minimum Gasteiger partial charge on any atom is -0.469 e. The molecular weight excluding hydrogens is 564 g/mol. The van der Waals surface area contributed by atoms with Crippen LogP contribution < -0.4 is 5.32 Å². The van der Waals surface area contributed by atoms with Crippen LogP contribution in [-0.4, -0.2) is 41.3 Å². The van der Waals surface area contributed by atoms with Crippen LogP contribution in [0.5, 0.6) is 0 Å². The molecular formula is C32H30ClF2N3O4. The number of nitrogens with one attached hydrogen (secondary N) is 1. The van der Waals surface area contributed by atoms with Gasteiger partial charge in [0.15, 0.2) is 5.82 Å². The van der Waals surface area contributed by atoms with Crippen molar-refractivity contribution in [1.29, 1.82) is 0 Å². The van der Waals surface area contributed by atoms with Crippen molar-refractivity contribution in [3.63, 3.8) is 0 Å². The normalized spacial score (nSPS) is 17.7. The van der Waals surface area contributed by atoms with Gasteiger partial charge in [0.1, 0.15) is 5.82 Å². The minimum atomic E-state index is -0.878. The highest BCUT2D eigenvalue weighted by atomic mass is 35.5. The maximum absolute atomic E-state index is 14.7. The first-order chi connectivity index (χ1) is 20.2. The standard InChI is InChI=1S/C32H30ClF2N3O4/c1-42-30(41)16-19-7-8-22-20-11-13-36-26(17-20)27(5-3-2-4-6-28(39)37-25(22)15-19)38-14-12-21(18-29(38)40)31-24(34)10-9-23(33)32(31)35/h7-11,13,15,17-18,27H,2-6,12,14,16H2,1H3,(H,37,39)/t27-/m0/s1. The molecule has 2 aliphatic heterocycles. The smallest absolute Gasteiger partial charge is 0.309 e. The van der Waals surface area contributed by atoms with Gasteiger partial charge in [0.2, 0.25) is 11.8 Å². The van der Waals surface area contributed by atoms with Gasteiger partial charge in [0, 0.05) is 36.5 Å². The molecule has 0 spiro atoms. The van der Waals surface area contributed by atoms with Gasteiger partial charge in [-0.15, -0.1) is 0 Å². The number of fused-ring (bicyclic) bond motifs is 4. The first kappa shape index (κ1) is 29.4. The Bertz CT molecular complexity index is 1580. The molecule has 0 saturated heterocycles. The van der Waals surface area contributed by atoms with E-state index in [9.17, 15) is 23.2 Å². The molecule has 1 atom stereocenters. The Hall–Kier alpha value is -4.11. The lowest BCUT2D eigenvalue weighted by atomic mass is 9.94. The maximum Gasteiger partial charge on any atom is 0.309 e. The summed E-state index contributed by atoms with van der Waals surface area (Å²) < 4.78 is 34.1. The van der Waals surface area contributed by atoms with E-state index in [1.807, 2.05) is 24.3 Å². The predicted molar refractivity (Wildman–Crippen MR) is 156 cm³/mol. The van der Waals surface area contributed by atoms with Crippen LogP contribution in [0.2, 0.25) is 5.02 Å². The van der Waals surface area contributed by atoms with Crippen LogP contribution in [0.25, 0.3) is 16.7 Å². The van der Waals surface area contributed by atoms with Crippen molar-refractivity contribution in [1.82, 2.24) is 9.88 Å². The molecule has 0 aliphatic carbocycles. The van der Waals surface area contributed by atoms with Gasteiger partial charge in [-0.3, -0.25) is 19.4 Å². The molecule has 10 heteroatoms. The lowest BCUT2D eigenvalue weighted by Gasteiger charge is -2.34. The SMILES string of the molecule is COC(=O)Cc1ccc2c(c1)NC(=O)CCCCC[C@H](N1CCC(c3c(F)ccc(Cl)c3F)=CC1=O)c1cc-2ccn1. The monoisotopic (exact) mass is 593 g/mol. The Labute approximate surface area is 247 Å². The first-order valence-electron chi connectivity index (χ1n) is 13.9. The largest absolute Gasteiger partial charge is 0.469 e. The van der Waals surface area contributed by atoms with Crippen LogP contribution >= 0.6 is 11.6 Å². The highest BCUT2D eigenvalue weighted by Gasteiger charge is 2.31. The van der Waals surface area contributed by atoms with Crippen LogP contribution in [0.4, 0.5) is 14.5 Å². The zero-order chi connectivity index (χ0) is 29.8. The third kappa shape index (κ3) is 6.36. The number of aromatic nitrogens is 1. The van der Waals surface area contributed by atoms with Crippen molar-refractivity contribution in [2.45, 2.75) is 51.0 Å². The van der Waals surface area contributed by atoms with E-state index in [1.165, 1.54) is 13.2 Å². The molecule has 3 heterocycles. The van der Waals surface area contributed by atoms with Crippen LogP contribution in [-0.2, 0) is 25.5 Å². The molecule has 7 nitrogen and oxygen atoms in total. The summed E-state index contributed by atoms with van der Waals surface area (Å²) in [7, 11) is 1.33. The van der Waals surface area contributed by atoms with Crippen molar-refractivity contribution in [2.24, 2.45) is 0 Å².